The zero-order chi connectivity index (χ0) is 40.0. The van der Waals surface area contributed by atoms with Gasteiger partial charge < -0.3 is 30.2 Å². The van der Waals surface area contributed by atoms with Crippen molar-refractivity contribution in [2.45, 2.75) is 50.5 Å². The molecule has 1 aliphatic carbocycles. The molecule has 0 saturated heterocycles. The second-order valence-corrected chi connectivity index (χ2v) is 19.0. The molecule has 2 amide bonds. The molecular formula is C40H46F3N7O5S. The fourth-order valence-corrected chi connectivity index (χ4v) is 7.22. The topological polar surface area (TPSA) is 142 Å². The predicted molar refractivity (Wildman–Crippen MR) is 213 cm³/mol. The lowest BCUT2D eigenvalue weighted by Gasteiger charge is -2.30. The highest BCUT2D eigenvalue weighted by Crippen LogP contribution is 2.39. The van der Waals surface area contributed by atoms with E-state index in [1.807, 2.05) is 28.9 Å². The molecule has 0 aliphatic heterocycles. The minimum atomic E-state index is -4.58. The third-order valence-electron chi connectivity index (χ3n) is 9.55. The third-order valence-corrected chi connectivity index (χ3v) is 10.9. The Balaban J connectivity index is 1.29. The summed E-state index contributed by atoms with van der Waals surface area (Å²) in [5, 5.41) is 14.9. The van der Waals surface area contributed by atoms with Crippen molar-refractivity contribution in [1.29, 1.82) is 0 Å². The predicted octanol–water partition coefficient (Wildman–Crippen LogP) is 8.30. The van der Waals surface area contributed by atoms with Crippen LogP contribution in [0.5, 0.6) is 11.5 Å². The highest BCUT2D eigenvalue weighted by Gasteiger charge is 2.31. The molecular weight excluding hydrogens is 748 g/mol. The minimum absolute atomic E-state index is 0.0498. The Hall–Kier alpha value is -5.51. The van der Waals surface area contributed by atoms with Crippen LogP contribution in [0.3, 0.4) is 0 Å². The second-order valence-electron chi connectivity index (χ2n) is 14.4. The van der Waals surface area contributed by atoms with E-state index in [9.17, 15) is 22.8 Å². The monoisotopic (exact) mass is 793 g/mol. The molecule has 2 aromatic carbocycles. The van der Waals surface area contributed by atoms with Crippen LogP contribution in [0.2, 0.25) is 0 Å². The maximum Gasteiger partial charge on any atom is 0.416 e. The zero-order valence-corrected chi connectivity index (χ0v) is 32.7. The number of amides is 2. The van der Waals surface area contributed by atoms with Crippen molar-refractivity contribution in [3.8, 4) is 22.8 Å². The lowest BCUT2D eigenvalue weighted by atomic mass is 9.91. The van der Waals surface area contributed by atoms with E-state index in [2.05, 4.69) is 39.7 Å². The summed E-state index contributed by atoms with van der Waals surface area (Å²) >= 11 is 0. The molecule has 1 fully saturated rings. The first-order chi connectivity index (χ1) is 26.7. The standard InChI is InChI=1S/C40H46F3N7O5S/c1-53-31-14-13-27(33(23-31)54-2)24-46-37-35-32(16-18-45-37)50(30-8-6-7-29(22-30)47-39(52)55-19-20-56(3,4)5)49-36(35)25-9-11-26(12-10-25)38(51)48-34-21-28(15-17-44-34)40(41,42)43/h9-18,21,23,29-30H,6-8,19-20,22,24H2,1-5H3,(H,45,46)(H,47,52)(H,44,48,51)/t29-,30-/m1/s1. The number of halogens is 3. The normalized spacial score (nSPS) is 16.2. The number of hydrogen-bond donors (Lipinski definition) is 3. The highest BCUT2D eigenvalue weighted by atomic mass is 32.3. The number of pyridine rings is 2. The molecule has 56 heavy (non-hydrogen) atoms. The largest absolute Gasteiger partial charge is 0.497 e. The van der Waals surface area contributed by atoms with E-state index >= 15 is 0 Å². The molecule has 1 saturated carbocycles. The zero-order valence-electron chi connectivity index (χ0n) is 31.9. The van der Waals surface area contributed by atoms with Crippen molar-refractivity contribution in [1.82, 2.24) is 25.1 Å². The van der Waals surface area contributed by atoms with Gasteiger partial charge in [0.25, 0.3) is 5.91 Å². The van der Waals surface area contributed by atoms with Gasteiger partial charge in [-0.25, -0.2) is 24.8 Å². The van der Waals surface area contributed by atoms with Crippen LogP contribution in [0.15, 0.2) is 73.1 Å². The van der Waals surface area contributed by atoms with E-state index in [1.165, 1.54) is 0 Å². The molecule has 298 valence electrons. The number of rotatable bonds is 13. The van der Waals surface area contributed by atoms with Crippen molar-refractivity contribution in [2.75, 3.05) is 56.0 Å². The van der Waals surface area contributed by atoms with Crippen molar-refractivity contribution >= 4 is 44.6 Å². The lowest BCUT2D eigenvalue weighted by Crippen LogP contribution is -2.39. The maximum absolute atomic E-state index is 13.2. The number of alkyl halides is 3. The Morgan fingerprint density at radius 2 is 1.71 bits per heavy atom. The number of benzene rings is 2. The molecule has 0 bridgehead atoms. The van der Waals surface area contributed by atoms with Crippen molar-refractivity contribution in [3.05, 3.63) is 89.7 Å². The number of fused-ring (bicyclic) bond motifs is 1. The van der Waals surface area contributed by atoms with Crippen LogP contribution in [0.4, 0.5) is 29.6 Å². The summed E-state index contributed by atoms with van der Waals surface area (Å²) in [5.41, 5.74) is 2.32. The number of aromatic nitrogens is 4. The Morgan fingerprint density at radius 1 is 0.946 bits per heavy atom. The van der Waals surface area contributed by atoms with E-state index in [4.69, 9.17) is 24.3 Å². The van der Waals surface area contributed by atoms with Crippen LogP contribution in [0.25, 0.3) is 22.2 Å². The number of carbonyl (C=O) groups is 2. The van der Waals surface area contributed by atoms with Crippen LogP contribution >= 0.6 is 10.0 Å². The quantitative estimate of drug-likeness (QED) is 0.107. The van der Waals surface area contributed by atoms with Gasteiger partial charge in [-0.1, -0.05) is 12.1 Å². The average molecular weight is 794 g/mol. The molecule has 12 nitrogen and oxygen atoms in total. The first-order valence-corrected chi connectivity index (χ1v) is 21.1. The van der Waals surface area contributed by atoms with Crippen LogP contribution in [0.1, 0.15) is 53.2 Å². The highest BCUT2D eigenvalue weighted by molar-refractivity contribution is 8.32. The molecule has 1 aliphatic rings. The fraction of sp³-hybridized carbons (Fsp3) is 0.375. The molecule has 0 radical (unpaired) electrons. The summed E-state index contributed by atoms with van der Waals surface area (Å²) in [6, 6.07) is 15.6. The average Bonchev–Trinajstić information content (AvgIpc) is 3.57. The van der Waals surface area contributed by atoms with Gasteiger partial charge in [0, 0.05) is 53.5 Å². The van der Waals surface area contributed by atoms with Gasteiger partial charge in [-0.05, 0) is 86.9 Å². The van der Waals surface area contributed by atoms with Gasteiger partial charge in [-0.2, -0.15) is 18.3 Å². The summed E-state index contributed by atoms with van der Waals surface area (Å²) in [6.45, 7) is 0.753. The lowest BCUT2D eigenvalue weighted by molar-refractivity contribution is -0.137. The van der Waals surface area contributed by atoms with Gasteiger partial charge in [-0.3, -0.25) is 9.48 Å². The molecule has 3 N–H and O–H groups in total. The molecule has 2 atom stereocenters. The van der Waals surface area contributed by atoms with Crippen LogP contribution in [-0.4, -0.2) is 83.1 Å². The van der Waals surface area contributed by atoms with E-state index in [0.29, 0.717) is 48.1 Å². The van der Waals surface area contributed by atoms with Crippen molar-refractivity contribution in [2.24, 2.45) is 0 Å². The van der Waals surface area contributed by atoms with E-state index < -0.39 is 33.8 Å². The van der Waals surface area contributed by atoms with Gasteiger partial charge in [-0.15, -0.1) is 0 Å². The Morgan fingerprint density at radius 3 is 2.43 bits per heavy atom. The van der Waals surface area contributed by atoms with Crippen LogP contribution < -0.4 is 25.4 Å². The number of nitrogens with one attached hydrogen (secondary N) is 3. The summed E-state index contributed by atoms with van der Waals surface area (Å²) in [6.07, 6.45) is 7.46. The van der Waals surface area contributed by atoms with Crippen molar-refractivity contribution < 1.29 is 37.0 Å². The summed E-state index contributed by atoms with van der Waals surface area (Å²) in [5.74, 6) is 1.90. The van der Waals surface area contributed by atoms with Gasteiger partial charge in [0.1, 0.15) is 35.4 Å². The molecule has 0 spiro atoms. The number of methoxy groups -OCH3 is 2. The number of nitrogens with zero attached hydrogens (tertiary/aromatic N) is 4. The molecule has 0 unspecified atom stereocenters. The Bertz CT molecular complexity index is 2170. The summed E-state index contributed by atoms with van der Waals surface area (Å²) in [4.78, 5) is 34.4. The molecule has 5 aromatic rings. The van der Waals surface area contributed by atoms with E-state index in [-0.39, 0.29) is 23.5 Å². The first kappa shape index (κ1) is 40.2. The maximum atomic E-state index is 13.2. The minimum Gasteiger partial charge on any atom is -0.497 e. The Labute approximate surface area is 324 Å². The third kappa shape index (κ3) is 9.83. The smallest absolute Gasteiger partial charge is 0.416 e. The van der Waals surface area contributed by atoms with Gasteiger partial charge >= 0.3 is 12.3 Å². The fourth-order valence-electron chi connectivity index (χ4n) is 6.63. The molecule has 6 rings (SSSR count). The summed E-state index contributed by atoms with van der Waals surface area (Å²) < 4.78 is 58.2. The number of carbonyl (C=O) groups excluding carboxylic acids is 2. The second kappa shape index (κ2) is 17.1. The number of ether oxygens (including phenoxy) is 3. The molecule has 3 heterocycles. The van der Waals surface area contributed by atoms with E-state index in [1.54, 1.807) is 44.7 Å². The molecule has 3 aromatic heterocycles. The van der Waals surface area contributed by atoms with Gasteiger partial charge in [0.15, 0.2) is 0 Å². The van der Waals surface area contributed by atoms with Gasteiger partial charge in [0.2, 0.25) is 0 Å². The van der Waals surface area contributed by atoms with Crippen LogP contribution in [-0.2, 0) is 17.5 Å². The summed E-state index contributed by atoms with van der Waals surface area (Å²) in [7, 11) is 2.40. The van der Waals surface area contributed by atoms with Gasteiger partial charge in [0.05, 0.1) is 36.7 Å². The first-order valence-electron chi connectivity index (χ1n) is 18.1. The van der Waals surface area contributed by atoms with Crippen molar-refractivity contribution in [3.63, 3.8) is 0 Å². The number of hydrogen-bond acceptors (Lipinski definition) is 9. The van der Waals surface area contributed by atoms with E-state index in [0.717, 1.165) is 59.8 Å². The molecule has 16 heteroatoms. The number of alkyl carbamates (subject to hydrolysis) is 1. The Kier molecular flexibility index (Phi) is 12.3. The number of anilines is 2. The SMILES string of the molecule is COc1ccc(CNc2nccc3c2c(-c2ccc(C(=O)Nc4cc(C(F)(F)F)ccn4)cc2)nn3[C@@H]2CCC[C@@H](NC(=O)OCCS(C)(C)C)C2)c(OC)c1. The van der Waals surface area contributed by atoms with Crippen LogP contribution in [0, 0.1) is 0 Å².